The van der Waals surface area contributed by atoms with Gasteiger partial charge in [-0.05, 0) is 68.7 Å². The molecule has 2 amide bonds. The molecule has 1 N–H and O–H groups in total. The number of unbranched alkanes of at least 4 members (excludes halogenated alkanes) is 1. The van der Waals surface area contributed by atoms with Gasteiger partial charge >= 0.3 is 0 Å². The molecule has 0 aliphatic heterocycles. The molecule has 0 fully saturated rings. The third-order valence-corrected chi connectivity index (χ3v) is 7.66. The fourth-order valence-electron chi connectivity index (χ4n) is 4.15. The minimum atomic E-state index is -0.685. The van der Waals surface area contributed by atoms with Crippen molar-refractivity contribution in [2.75, 3.05) is 13.2 Å². The van der Waals surface area contributed by atoms with Crippen molar-refractivity contribution < 1.29 is 14.3 Å². The van der Waals surface area contributed by atoms with E-state index >= 15 is 0 Å². The molecule has 208 valence electrons. The van der Waals surface area contributed by atoms with Gasteiger partial charge < -0.3 is 15.0 Å². The first-order valence-electron chi connectivity index (χ1n) is 13.4. The number of amides is 2. The molecular weight excluding hydrogens is 620 g/mol. The van der Waals surface area contributed by atoms with Crippen molar-refractivity contribution in [3.8, 4) is 5.75 Å². The summed E-state index contributed by atoms with van der Waals surface area (Å²) < 4.78 is 7.75. The van der Waals surface area contributed by atoms with Gasteiger partial charge in [-0.3, -0.25) is 9.59 Å². The van der Waals surface area contributed by atoms with Crippen molar-refractivity contribution in [1.29, 1.82) is 0 Å². The lowest BCUT2D eigenvalue weighted by Gasteiger charge is -2.31. The van der Waals surface area contributed by atoms with Crippen LogP contribution in [0.3, 0.4) is 0 Å². The van der Waals surface area contributed by atoms with Crippen molar-refractivity contribution in [2.45, 2.75) is 65.0 Å². The standard InChI is InChI=1S/C32H38Br2N2O3/c1-5-6-18-35-31(38)28(19-23-10-8-7-9-11-23)36(21-24-12-15-26(33)16-13-24)30(37)22-39-29-17-14-25(20-27(29)34)32(2,3)4/h7-17,20,28H,5-6,18-19,21-22H2,1-4H3,(H,35,38)/t28-/m0/s1. The largest absolute Gasteiger partial charge is 0.483 e. The highest BCUT2D eigenvalue weighted by molar-refractivity contribution is 9.10. The zero-order valence-corrected chi connectivity index (χ0v) is 26.3. The monoisotopic (exact) mass is 656 g/mol. The lowest BCUT2D eigenvalue weighted by Crippen LogP contribution is -2.51. The summed E-state index contributed by atoms with van der Waals surface area (Å²) in [5.74, 6) is 0.178. The molecule has 0 unspecified atom stereocenters. The van der Waals surface area contributed by atoms with Gasteiger partial charge in [0.25, 0.3) is 5.91 Å². The Balaban J connectivity index is 1.88. The maximum atomic E-state index is 13.8. The molecule has 0 spiro atoms. The fraction of sp³-hybridized carbons (Fsp3) is 0.375. The number of carbonyl (C=O) groups excluding carboxylic acids is 2. The summed E-state index contributed by atoms with van der Waals surface area (Å²) in [5, 5.41) is 3.05. The Morgan fingerprint density at radius 2 is 1.64 bits per heavy atom. The summed E-state index contributed by atoms with van der Waals surface area (Å²) >= 11 is 7.08. The molecular formula is C32H38Br2N2O3. The number of ether oxygens (including phenoxy) is 1. The van der Waals surface area contributed by atoms with Crippen molar-refractivity contribution in [2.24, 2.45) is 0 Å². The maximum Gasteiger partial charge on any atom is 0.261 e. The molecule has 0 saturated heterocycles. The average Bonchev–Trinajstić information content (AvgIpc) is 2.91. The van der Waals surface area contributed by atoms with Crippen LogP contribution < -0.4 is 10.1 Å². The minimum absolute atomic E-state index is 0.00581. The Labute approximate surface area is 249 Å². The quantitative estimate of drug-likeness (QED) is 0.206. The highest BCUT2D eigenvalue weighted by Crippen LogP contribution is 2.31. The summed E-state index contributed by atoms with van der Waals surface area (Å²) in [5.41, 5.74) is 3.08. The van der Waals surface area contributed by atoms with Gasteiger partial charge in [0.05, 0.1) is 4.47 Å². The molecule has 0 aliphatic carbocycles. The predicted molar refractivity (Wildman–Crippen MR) is 165 cm³/mol. The van der Waals surface area contributed by atoms with E-state index in [2.05, 4.69) is 64.9 Å². The van der Waals surface area contributed by atoms with Crippen molar-refractivity contribution in [3.63, 3.8) is 0 Å². The molecule has 3 rings (SSSR count). The summed E-state index contributed by atoms with van der Waals surface area (Å²) in [6.45, 7) is 9.21. The normalized spacial score (nSPS) is 12.1. The van der Waals surface area contributed by atoms with Crippen LogP contribution in [0.15, 0.2) is 81.7 Å². The molecule has 0 radical (unpaired) electrons. The number of carbonyl (C=O) groups is 2. The average molecular weight is 658 g/mol. The fourth-order valence-corrected chi connectivity index (χ4v) is 4.91. The van der Waals surface area contributed by atoms with Crippen molar-refractivity contribution >= 4 is 43.7 Å². The zero-order valence-electron chi connectivity index (χ0n) is 23.2. The molecule has 0 saturated carbocycles. The van der Waals surface area contributed by atoms with Crippen molar-refractivity contribution in [1.82, 2.24) is 10.2 Å². The number of rotatable bonds is 12. The molecule has 1 atom stereocenters. The van der Waals surface area contributed by atoms with Crippen LogP contribution >= 0.6 is 31.9 Å². The third-order valence-electron chi connectivity index (χ3n) is 6.52. The molecule has 0 bridgehead atoms. The molecule has 7 heteroatoms. The SMILES string of the molecule is CCCCNC(=O)[C@H](Cc1ccccc1)N(Cc1ccc(Br)cc1)C(=O)COc1ccc(C(C)(C)C)cc1Br. The van der Waals surface area contributed by atoms with Crippen LogP contribution in [0.5, 0.6) is 5.75 Å². The molecule has 5 nitrogen and oxygen atoms in total. The number of halogens is 2. The van der Waals surface area contributed by atoms with Gasteiger partial charge in [0.2, 0.25) is 5.91 Å². The molecule has 3 aromatic rings. The van der Waals surface area contributed by atoms with E-state index < -0.39 is 6.04 Å². The second-order valence-corrected chi connectivity index (χ2v) is 12.5. The Morgan fingerprint density at radius 3 is 2.26 bits per heavy atom. The van der Waals surface area contributed by atoms with Crippen LogP contribution in [-0.4, -0.2) is 35.9 Å². The van der Waals surface area contributed by atoms with Crippen LogP contribution in [0, 0.1) is 0 Å². The molecule has 0 heterocycles. The predicted octanol–water partition coefficient (Wildman–Crippen LogP) is 7.44. The van der Waals surface area contributed by atoms with Gasteiger partial charge in [-0.1, -0.05) is 98.6 Å². The Morgan fingerprint density at radius 1 is 0.949 bits per heavy atom. The topological polar surface area (TPSA) is 58.6 Å². The van der Waals surface area contributed by atoms with E-state index in [4.69, 9.17) is 4.74 Å². The first-order chi connectivity index (χ1) is 18.6. The lowest BCUT2D eigenvalue weighted by molar-refractivity contribution is -0.142. The van der Waals surface area contributed by atoms with E-state index in [-0.39, 0.29) is 30.4 Å². The van der Waals surface area contributed by atoms with E-state index in [1.54, 1.807) is 4.90 Å². The smallest absolute Gasteiger partial charge is 0.261 e. The molecule has 3 aromatic carbocycles. The Bertz CT molecular complexity index is 1220. The lowest BCUT2D eigenvalue weighted by atomic mass is 9.87. The number of nitrogens with zero attached hydrogens (tertiary/aromatic N) is 1. The first-order valence-corrected chi connectivity index (χ1v) is 15.0. The second kappa shape index (κ2) is 14.7. The Hall–Kier alpha value is -2.64. The zero-order chi connectivity index (χ0) is 28.4. The molecule has 0 aliphatic rings. The van der Waals surface area contributed by atoms with Gasteiger partial charge in [-0.15, -0.1) is 0 Å². The summed E-state index contributed by atoms with van der Waals surface area (Å²) in [6.07, 6.45) is 2.26. The highest BCUT2D eigenvalue weighted by Gasteiger charge is 2.30. The first kappa shape index (κ1) is 30.9. The number of nitrogens with one attached hydrogen (secondary N) is 1. The maximum absolute atomic E-state index is 13.8. The van der Waals surface area contributed by atoms with E-state index in [0.29, 0.717) is 18.7 Å². The van der Waals surface area contributed by atoms with E-state index in [1.165, 1.54) is 0 Å². The van der Waals surface area contributed by atoms with Crippen LogP contribution in [0.4, 0.5) is 0 Å². The summed E-state index contributed by atoms with van der Waals surface area (Å²) in [6, 6.07) is 22.9. The summed E-state index contributed by atoms with van der Waals surface area (Å²) in [7, 11) is 0. The second-order valence-electron chi connectivity index (χ2n) is 10.7. The van der Waals surface area contributed by atoms with E-state index in [1.807, 2.05) is 72.8 Å². The van der Waals surface area contributed by atoms with Crippen LogP contribution in [0.2, 0.25) is 0 Å². The third kappa shape index (κ3) is 9.50. The highest BCUT2D eigenvalue weighted by atomic mass is 79.9. The number of hydrogen-bond donors (Lipinski definition) is 1. The van der Waals surface area contributed by atoms with E-state index in [0.717, 1.165) is 38.5 Å². The number of hydrogen-bond acceptors (Lipinski definition) is 3. The number of benzene rings is 3. The van der Waals surface area contributed by atoms with Crippen LogP contribution in [-0.2, 0) is 28.0 Å². The van der Waals surface area contributed by atoms with E-state index in [9.17, 15) is 9.59 Å². The van der Waals surface area contributed by atoms with Gasteiger partial charge in [0.15, 0.2) is 6.61 Å². The van der Waals surface area contributed by atoms with Gasteiger partial charge in [0, 0.05) is 24.0 Å². The minimum Gasteiger partial charge on any atom is -0.483 e. The summed E-state index contributed by atoms with van der Waals surface area (Å²) in [4.78, 5) is 28.9. The van der Waals surface area contributed by atoms with Gasteiger partial charge in [-0.25, -0.2) is 0 Å². The van der Waals surface area contributed by atoms with Crippen LogP contribution in [0.1, 0.15) is 57.2 Å². The van der Waals surface area contributed by atoms with Crippen molar-refractivity contribution in [3.05, 3.63) is 98.4 Å². The van der Waals surface area contributed by atoms with Gasteiger partial charge in [0.1, 0.15) is 11.8 Å². The molecule has 39 heavy (non-hydrogen) atoms. The van der Waals surface area contributed by atoms with Gasteiger partial charge in [-0.2, -0.15) is 0 Å². The van der Waals surface area contributed by atoms with Crippen LogP contribution in [0.25, 0.3) is 0 Å². The molecule has 0 aromatic heterocycles. The Kier molecular flexibility index (Phi) is 11.6.